The van der Waals surface area contributed by atoms with Crippen LogP contribution in [0.3, 0.4) is 0 Å². The number of likely N-dealkylation sites (N-methyl/N-ethyl adjacent to an activating group) is 1. The molecule has 120 valence electrons. The largest absolute Gasteiger partial charge is 0.453 e. The fourth-order valence-electron chi connectivity index (χ4n) is 2.73. The molecule has 2 amide bonds. The number of aromatic nitrogens is 1. The number of rotatable bonds is 2. The number of anilines is 2. The van der Waals surface area contributed by atoms with Gasteiger partial charge in [-0.2, -0.15) is 0 Å². The molecule has 1 N–H and O–H groups in total. The number of carbonyl (C=O) groups is 2. The number of carbonyl (C=O) groups excluding carboxylic acids is 2. The molecule has 7 heteroatoms. The van der Waals surface area contributed by atoms with E-state index < -0.39 is 11.5 Å². The molecule has 0 unspecified atom stereocenters. The zero-order valence-electron chi connectivity index (χ0n) is 13.3. The Morgan fingerprint density at radius 1 is 1.39 bits per heavy atom. The Morgan fingerprint density at radius 3 is 2.83 bits per heavy atom. The molecule has 23 heavy (non-hydrogen) atoms. The van der Waals surface area contributed by atoms with Gasteiger partial charge in [-0.15, -0.1) is 11.3 Å². The zero-order valence-corrected chi connectivity index (χ0v) is 14.2. The molecule has 0 spiro atoms. The first-order valence-corrected chi connectivity index (χ1v) is 7.96. The van der Waals surface area contributed by atoms with E-state index in [1.165, 1.54) is 18.4 Å². The van der Waals surface area contributed by atoms with Crippen molar-refractivity contribution in [2.45, 2.75) is 19.3 Å². The highest BCUT2D eigenvalue weighted by atomic mass is 32.1. The summed E-state index contributed by atoms with van der Waals surface area (Å²) in [5, 5.41) is 4.88. The van der Waals surface area contributed by atoms with Crippen LogP contribution in [0.25, 0.3) is 11.3 Å². The van der Waals surface area contributed by atoms with Crippen molar-refractivity contribution in [2.24, 2.45) is 0 Å². The van der Waals surface area contributed by atoms with Crippen LogP contribution in [-0.4, -0.2) is 31.1 Å². The second kappa shape index (κ2) is 5.34. The smallest absolute Gasteiger partial charge is 0.413 e. The van der Waals surface area contributed by atoms with E-state index >= 15 is 0 Å². The number of hydrogen-bond donors (Lipinski definition) is 1. The third kappa shape index (κ3) is 2.46. The summed E-state index contributed by atoms with van der Waals surface area (Å²) in [6.45, 7) is 3.85. The summed E-state index contributed by atoms with van der Waals surface area (Å²) in [5.41, 5.74) is 3.02. The number of nitrogens with zero attached hydrogens (tertiary/aromatic N) is 2. The topological polar surface area (TPSA) is 71.5 Å². The minimum Gasteiger partial charge on any atom is -0.453 e. The lowest BCUT2D eigenvalue weighted by Gasteiger charge is -2.16. The molecule has 1 aliphatic heterocycles. The molecule has 1 aliphatic rings. The fourth-order valence-corrected chi connectivity index (χ4v) is 3.44. The van der Waals surface area contributed by atoms with E-state index in [1.54, 1.807) is 11.9 Å². The monoisotopic (exact) mass is 331 g/mol. The standard InChI is InChI=1S/C16H17N3O3S/c1-16(2)10-7-9(5-6-12(10)19(3)13(16)20)11-8-23-14(17-11)18-15(21)22-4/h5-8H,1-4H3,(H,17,18,21). The summed E-state index contributed by atoms with van der Waals surface area (Å²) in [5.74, 6) is 0.0796. The van der Waals surface area contributed by atoms with Gasteiger partial charge in [0.15, 0.2) is 5.13 Å². The van der Waals surface area contributed by atoms with Crippen molar-refractivity contribution in [2.75, 3.05) is 24.4 Å². The predicted molar refractivity (Wildman–Crippen MR) is 90.0 cm³/mol. The van der Waals surface area contributed by atoms with Gasteiger partial charge in [-0.3, -0.25) is 10.1 Å². The molecule has 2 aromatic rings. The third-order valence-corrected chi connectivity index (χ3v) is 4.82. The lowest BCUT2D eigenvalue weighted by Crippen LogP contribution is -2.33. The van der Waals surface area contributed by atoms with E-state index in [-0.39, 0.29) is 5.91 Å². The third-order valence-electron chi connectivity index (χ3n) is 4.06. The Kier molecular flexibility index (Phi) is 3.60. The Labute approximate surface area is 138 Å². The Bertz CT molecular complexity index is 798. The van der Waals surface area contributed by atoms with Crippen LogP contribution < -0.4 is 10.2 Å². The van der Waals surface area contributed by atoms with E-state index in [2.05, 4.69) is 15.0 Å². The molecule has 6 nitrogen and oxygen atoms in total. The summed E-state index contributed by atoms with van der Waals surface area (Å²) in [6, 6.07) is 5.86. The number of thiazole rings is 1. The molecular weight excluding hydrogens is 314 g/mol. The van der Waals surface area contributed by atoms with Gasteiger partial charge in [-0.25, -0.2) is 9.78 Å². The molecule has 1 aromatic heterocycles. The van der Waals surface area contributed by atoms with E-state index in [9.17, 15) is 9.59 Å². The van der Waals surface area contributed by atoms with E-state index in [0.717, 1.165) is 22.5 Å². The lowest BCUT2D eigenvalue weighted by atomic mass is 9.85. The maximum atomic E-state index is 12.3. The second-order valence-electron chi connectivity index (χ2n) is 5.88. The molecule has 3 rings (SSSR count). The minimum atomic E-state index is -0.552. The molecular formula is C16H17N3O3S. The normalized spacial score (nSPS) is 15.5. The molecule has 0 atom stereocenters. The number of ether oxygens (including phenoxy) is 1. The van der Waals surface area contributed by atoms with Gasteiger partial charge in [0, 0.05) is 23.7 Å². The van der Waals surface area contributed by atoms with Crippen LogP contribution in [0.5, 0.6) is 0 Å². The van der Waals surface area contributed by atoms with Gasteiger partial charge in [-0.1, -0.05) is 6.07 Å². The van der Waals surface area contributed by atoms with Crippen LogP contribution in [-0.2, 0) is 14.9 Å². The van der Waals surface area contributed by atoms with Gasteiger partial charge >= 0.3 is 6.09 Å². The number of nitrogens with one attached hydrogen (secondary N) is 1. The first kappa shape index (κ1) is 15.5. The van der Waals surface area contributed by atoms with Crippen molar-refractivity contribution in [3.8, 4) is 11.3 Å². The summed E-state index contributed by atoms with van der Waals surface area (Å²) in [7, 11) is 3.09. The molecule has 1 aromatic carbocycles. The molecule has 0 aliphatic carbocycles. The van der Waals surface area contributed by atoms with Crippen LogP contribution in [0.2, 0.25) is 0 Å². The second-order valence-corrected chi connectivity index (χ2v) is 6.73. The van der Waals surface area contributed by atoms with E-state index in [0.29, 0.717) is 5.13 Å². The van der Waals surface area contributed by atoms with Crippen molar-refractivity contribution in [1.29, 1.82) is 0 Å². The lowest BCUT2D eigenvalue weighted by molar-refractivity contribution is -0.121. The fraction of sp³-hybridized carbons (Fsp3) is 0.312. The van der Waals surface area contributed by atoms with E-state index in [1.807, 2.05) is 37.4 Å². The van der Waals surface area contributed by atoms with Gasteiger partial charge < -0.3 is 9.64 Å². The first-order valence-electron chi connectivity index (χ1n) is 7.08. The Balaban J connectivity index is 1.96. The molecule has 0 saturated heterocycles. The van der Waals surface area contributed by atoms with Gasteiger partial charge in [0.05, 0.1) is 18.2 Å². The van der Waals surface area contributed by atoms with Crippen molar-refractivity contribution in [1.82, 2.24) is 4.98 Å². The van der Waals surface area contributed by atoms with Crippen LogP contribution in [0.15, 0.2) is 23.6 Å². The van der Waals surface area contributed by atoms with Crippen molar-refractivity contribution in [3.63, 3.8) is 0 Å². The van der Waals surface area contributed by atoms with E-state index in [4.69, 9.17) is 0 Å². The van der Waals surface area contributed by atoms with Gasteiger partial charge in [-0.05, 0) is 31.5 Å². The van der Waals surface area contributed by atoms with Gasteiger partial charge in [0.1, 0.15) is 0 Å². The molecule has 0 radical (unpaired) electrons. The first-order chi connectivity index (χ1) is 10.8. The zero-order chi connectivity index (χ0) is 16.8. The summed E-state index contributed by atoms with van der Waals surface area (Å²) >= 11 is 1.32. The highest BCUT2D eigenvalue weighted by Crippen LogP contribution is 2.42. The average molecular weight is 331 g/mol. The van der Waals surface area contributed by atoms with Crippen LogP contribution >= 0.6 is 11.3 Å². The summed E-state index contributed by atoms with van der Waals surface area (Å²) < 4.78 is 4.55. The highest BCUT2D eigenvalue weighted by molar-refractivity contribution is 7.14. The Hall–Kier alpha value is -2.41. The van der Waals surface area contributed by atoms with Gasteiger partial charge in [0.25, 0.3) is 0 Å². The summed E-state index contributed by atoms with van der Waals surface area (Å²) in [4.78, 5) is 29.6. The number of fused-ring (bicyclic) bond motifs is 1. The number of benzene rings is 1. The van der Waals surface area contributed by atoms with Crippen LogP contribution in [0, 0.1) is 0 Å². The molecule has 0 saturated carbocycles. The van der Waals surface area contributed by atoms with Crippen molar-refractivity contribution >= 4 is 34.2 Å². The minimum absolute atomic E-state index is 0.0796. The Morgan fingerprint density at radius 2 is 2.13 bits per heavy atom. The average Bonchev–Trinajstić information content (AvgIpc) is 3.06. The molecule has 0 fully saturated rings. The number of amides is 2. The quantitative estimate of drug-likeness (QED) is 0.917. The van der Waals surface area contributed by atoms with Crippen molar-refractivity contribution < 1.29 is 14.3 Å². The number of hydrogen-bond acceptors (Lipinski definition) is 5. The van der Waals surface area contributed by atoms with Crippen LogP contribution in [0.1, 0.15) is 19.4 Å². The highest BCUT2D eigenvalue weighted by Gasteiger charge is 2.42. The number of methoxy groups -OCH3 is 1. The summed E-state index contributed by atoms with van der Waals surface area (Å²) in [6.07, 6.45) is -0.548. The SMILES string of the molecule is COC(=O)Nc1nc(-c2ccc3c(c2)C(C)(C)C(=O)N3C)cs1. The van der Waals surface area contributed by atoms with Crippen molar-refractivity contribution in [3.05, 3.63) is 29.1 Å². The molecule has 0 bridgehead atoms. The maximum absolute atomic E-state index is 12.3. The molecule has 2 heterocycles. The maximum Gasteiger partial charge on any atom is 0.413 e. The van der Waals surface area contributed by atoms with Crippen LogP contribution in [0.4, 0.5) is 15.6 Å². The van der Waals surface area contributed by atoms with Gasteiger partial charge in [0.2, 0.25) is 5.91 Å². The predicted octanol–water partition coefficient (Wildman–Crippen LogP) is 3.24.